The van der Waals surface area contributed by atoms with Crippen molar-refractivity contribution in [1.29, 1.82) is 0 Å². The molecule has 1 aliphatic rings. The lowest BCUT2D eigenvalue weighted by molar-refractivity contribution is -0.301. The van der Waals surface area contributed by atoms with Gasteiger partial charge in [-0.1, -0.05) is 209 Å². The van der Waals surface area contributed by atoms with Gasteiger partial charge in [-0.3, -0.25) is 14.4 Å². The van der Waals surface area contributed by atoms with E-state index in [9.17, 15) is 34.5 Å². The molecule has 0 bridgehead atoms. The Labute approximate surface area is 468 Å². The van der Waals surface area contributed by atoms with E-state index in [1.807, 2.05) is 0 Å². The van der Waals surface area contributed by atoms with Crippen LogP contribution in [0.4, 0.5) is 0 Å². The van der Waals surface area contributed by atoms with E-state index in [1.165, 1.54) is 57.8 Å². The number of ether oxygens (including phenoxy) is 5. The predicted octanol–water partition coefficient (Wildman–Crippen LogP) is 16.1. The maximum absolute atomic E-state index is 13.1. The normalized spacial score (nSPS) is 18.5. The first-order chi connectivity index (χ1) is 37.6. The predicted molar refractivity (Wildman–Crippen MR) is 312 cm³/mol. The summed E-state index contributed by atoms with van der Waals surface area (Å²) in [6, 6.07) is 0. The van der Waals surface area contributed by atoms with E-state index >= 15 is 0 Å². The van der Waals surface area contributed by atoms with Gasteiger partial charge >= 0.3 is 23.9 Å². The van der Waals surface area contributed by atoms with Crippen molar-refractivity contribution in [3.63, 3.8) is 0 Å². The van der Waals surface area contributed by atoms with Gasteiger partial charge in [0.2, 0.25) is 0 Å². The molecule has 6 atom stereocenters. The number of carboxylic acid groups (broad SMARTS) is 1. The molecule has 0 aromatic carbocycles. The molecule has 442 valence electrons. The third kappa shape index (κ3) is 42.7. The number of carbonyl (C=O) groups is 4. The Morgan fingerprint density at radius 2 is 0.805 bits per heavy atom. The molecule has 0 amide bonds. The number of rotatable bonds is 52. The van der Waals surface area contributed by atoms with Gasteiger partial charge in [0, 0.05) is 19.3 Å². The minimum Gasteiger partial charge on any atom is -0.479 e. The van der Waals surface area contributed by atoms with Gasteiger partial charge in [0.05, 0.1) is 6.61 Å². The van der Waals surface area contributed by atoms with Crippen LogP contribution in [0.1, 0.15) is 265 Å². The number of carboxylic acids is 1. The van der Waals surface area contributed by atoms with Gasteiger partial charge in [0.25, 0.3) is 0 Å². The van der Waals surface area contributed by atoms with Crippen LogP contribution in [-0.2, 0) is 42.9 Å². The number of allylic oxidation sites excluding steroid dienone is 12. The van der Waals surface area contributed by atoms with Gasteiger partial charge in [0.1, 0.15) is 18.8 Å². The van der Waals surface area contributed by atoms with E-state index in [-0.39, 0.29) is 25.9 Å². The number of hydrogen-bond acceptors (Lipinski definition) is 11. The Morgan fingerprint density at radius 3 is 1.22 bits per heavy atom. The second kappa shape index (κ2) is 52.8. The topological polar surface area (TPSA) is 175 Å². The Kier molecular flexibility index (Phi) is 48.8. The minimum atomic E-state index is -1.91. The van der Waals surface area contributed by atoms with Crippen molar-refractivity contribution in [2.24, 2.45) is 0 Å². The average molecular weight is 1080 g/mol. The van der Waals surface area contributed by atoms with Crippen molar-refractivity contribution in [1.82, 2.24) is 0 Å². The summed E-state index contributed by atoms with van der Waals surface area (Å²) in [4.78, 5) is 51.2. The molecule has 3 N–H and O–H groups in total. The van der Waals surface area contributed by atoms with E-state index in [0.29, 0.717) is 19.3 Å². The Balaban J connectivity index is 2.68. The van der Waals surface area contributed by atoms with Gasteiger partial charge in [-0.2, -0.15) is 0 Å². The fourth-order valence-corrected chi connectivity index (χ4v) is 8.94. The van der Waals surface area contributed by atoms with E-state index in [0.717, 1.165) is 148 Å². The second-order valence-electron chi connectivity index (χ2n) is 21.0. The summed E-state index contributed by atoms with van der Waals surface area (Å²) in [5, 5.41) is 31.5. The Bertz CT molecular complexity index is 1620. The van der Waals surface area contributed by atoms with Gasteiger partial charge in [-0.15, -0.1) is 0 Å². The van der Waals surface area contributed by atoms with E-state index in [2.05, 4.69) is 93.7 Å². The molecule has 77 heavy (non-hydrogen) atoms. The number of unbranched alkanes of at least 4 members (excludes halogenated alkanes) is 26. The van der Waals surface area contributed by atoms with Gasteiger partial charge < -0.3 is 39.0 Å². The summed E-state index contributed by atoms with van der Waals surface area (Å²) in [5.74, 6) is -3.15. The average Bonchev–Trinajstić information content (AvgIpc) is 3.42. The summed E-state index contributed by atoms with van der Waals surface area (Å²) in [6.07, 6.45) is 54.3. The van der Waals surface area contributed by atoms with Crippen LogP contribution in [0.5, 0.6) is 0 Å². The van der Waals surface area contributed by atoms with Gasteiger partial charge in [0.15, 0.2) is 24.6 Å². The summed E-state index contributed by atoms with van der Waals surface area (Å²) < 4.78 is 28.4. The van der Waals surface area contributed by atoms with Crippen molar-refractivity contribution in [3.05, 3.63) is 72.9 Å². The highest BCUT2D eigenvalue weighted by Crippen LogP contribution is 2.26. The van der Waals surface area contributed by atoms with E-state index in [1.54, 1.807) is 0 Å². The van der Waals surface area contributed by atoms with Crippen LogP contribution in [0, 0.1) is 0 Å². The molecule has 1 heterocycles. The molecular formula is C65H110O12. The summed E-state index contributed by atoms with van der Waals surface area (Å²) >= 11 is 0. The zero-order valence-electron chi connectivity index (χ0n) is 48.7. The number of hydrogen-bond donors (Lipinski definition) is 3. The fraction of sp³-hybridized carbons (Fsp3) is 0.754. The third-order valence-corrected chi connectivity index (χ3v) is 13.7. The molecule has 1 aliphatic heterocycles. The monoisotopic (exact) mass is 1080 g/mol. The summed E-state index contributed by atoms with van der Waals surface area (Å²) in [6.45, 7) is 5.87. The number of aliphatic hydroxyl groups excluding tert-OH is 2. The Hall–Kier alpha value is -3.84. The smallest absolute Gasteiger partial charge is 0.335 e. The van der Waals surface area contributed by atoms with Gasteiger partial charge in [-0.25, -0.2) is 4.79 Å². The minimum absolute atomic E-state index is 0.0477. The van der Waals surface area contributed by atoms with E-state index < -0.39 is 67.3 Å². The van der Waals surface area contributed by atoms with Crippen molar-refractivity contribution in [2.75, 3.05) is 13.2 Å². The fourth-order valence-electron chi connectivity index (χ4n) is 8.94. The molecule has 0 aliphatic carbocycles. The molecule has 0 spiro atoms. The standard InChI is InChI=1S/C65H110O12/c1-4-7-10-13-16-19-22-25-27-29-31-34-36-39-42-45-48-51-57(66)73-54-56(75-58(67)52-49-46-43-40-37-33-24-21-18-15-12-9-6-3)55-74-65-63(61(70)60(69)62(77-65)64(71)72)76-59(68)53-50-47-44-41-38-35-32-30-28-26-23-20-17-14-11-8-5-2/h12,15-17,19-21,24-28,56,60-63,65,69-70H,4-11,13-14,18,22-23,29-55H2,1-3H3,(H,71,72)/b15-12-,19-16-,20-17-,24-21-,27-25-,28-26-. The van der Waals surface area contributed by atoms with Crippen LogP contribution in [0.3, 0.4) is 0 Å². The van der Waals surface area contributed by atoms with Crippen LogP contribution < -0.4 is 0 Å². The van der Waals surface area contributed by atoms with Crippen LogP contribution in [0.25, 0.3) is 0 Å². The van der Waals surface area contributed by atoms with Crippen LogP contribution in [-0.4, -0.2) is 89.2 Å². The van der Waals surface area contributed by atoms with Crippen molar-refractivity contribution >= 4 is 23.9 Å². The maximum Gasteiger partial charge on any atom is 0.335 e. The number of carbonyl (C=O) groups excluding carboxylic acids is 3. The molecule has 1 saturated heterocycles. The zero-order valence-corrected chi connectivity index (χ0v) is 48.7. The van der Waals surface area contributed by atoms with Crippen LogP contribution in [0.15, 0.2) is 72.9 Å². The van der Waals surface area contributed by atoms with Crippen molar-refractivity contribution < 1.29 is 58.2 Å². The quantitative estimate of drug-likeness (QED) is 0.0228. The van der Waals surface area contributed by atoms with Crippen LogP contribution in [0.2, 0.25) is 0 Å². The summed E-state index contributed by atoms with van der Waals surface area (Å²) in [7, 11) is 0. The first-order valence-corrected chi connectivity index (χ1v) is 30.9. The van der Waals surface area contributed by atoms with Crippen LogP contribution >= 0.6 is 0 Å². The third-order valence-electron chi connectivity index (χ3n) is 13.7. The lowest BCUT2D eigenvalue weighted by Crippen LogP contribution is -2.61. The Morgan fingerprint density at radius 1 is 0.429 bits per heavy atom. The molecule has 12 heteroatoms. The molecule has 0 saturated carbocycles. The van der Waals surface area contributed by atoms with Crippen molar-refractivity contribution in [3.8, 4) is 0 Å². The highest BCUT2D eigenvalue weighted by molar-refractivity contribution is 5.74. The van der Waals surface area contributed by atoms with Crippen molar-refractivity contribution in [2.45, 2.75) is 302 Å². The molecule has 0 radical (unpaired) electrons. The molecular weight excluding hydrogens is 973 g/mol. The molecule has 6 unspecified atom stereocenters. The lowest BCUT2D eigenvalue weighted by Gasteiger charge is -2.40. The number of aliphatic hydroxyl groups is 2. The molecule has 1 rings (SSSR count). The molecule has 0 aromatic rings. The highest BCUT2D eigenvalue weighted by atomic mass is 16.7. The first kappa shape index (κ1) is 71.2. The maximum atomic E-state index is 13.1. The summed E-state index contributed by atoms with van der Waals surface area (Å²) in [5.41, 5.74) is 0. The SMILES string of the molecule is CCC/C=C\C/C=C\CCCCCCCC(=O)OC(COC(=O)CCCCCCCCC/C=C\C/C=C\CCCCC)COC1OC(C(=O)O)C(O)C(O)C1OC(=O)CCCCCCCCC/C=C\C/C=C\CCCCC. The molecule has 12 nitrogen and oxygen atoms in total. The molecule has 0 aromatic heterocycles. The van der Waals surface area contributed by atoms with Gasteiger partial charge in [-0.05, 0) is 109 Å². The largest absolute Gasteiger partial charge is 0.479 e. The second-order valence-corrected chi connectivity index (χ2v) is 21.0. The number of aliphatic carboxylic acids is 1. The lowest BCUT2D eigenvalue weighted by atomic mass is 9.98. The molecule has 1 fully saturated rings. The zero-order chi connectivity index (χ0) is 56.1. The highest BCUT2D eigenvalue weighted by Gasteiger charge is 2.50. The number of esters is 3. The first-order valence-electron chi connectivity index (χ1n) is 30.9. The van der Waals surface area contributed by atoms with E-state index in [4.69, 9.17) is 23.7 Å².